The average Bonchev–Trinajstić information content (AvgIpc) is 3.05. The standard InChI is InChI=1S/C28H28N2O6S/c1-4-36-28(33)19-9-5-6-10-20(19)29-26(31)17-30-21-11-7-8-12-24(21)37-25(16-27(30)32)18-13-14-22(34-2)23(15-18)35-3/h5-15,25H,4,16-17H2,1-3H3,(H,29,31). The Bertz CT molecular complexity index is 1310. The highest BCUT2D eigenvalue weighted by molar-refractivity contribution is 7.99. The summed E-state index contributed by atoms with van der Waals surface area (Å²) in [7, 11) is 3.15. The molecule has 4 rings (SSSR count). The molecular weight excluding hydrogens is 492 g/mol. The number of amides is 2. The van der Waals surface area contributed by atoms with Crippen LogP contribution in [0, 0.1) is 0 Å². The van der Waals surface area contributed by atoms with Crippen LogP contribution < -0.4 is 19.7 Å². The van der Waals surface area contributed by atoms with Gasteiger partial charge in [-0.2, -0.15) is 0 Å². The Morgan fingerprint density at radius 3 is 2.49 bits per heavy atom. The average molecular weight is 521 g/mol. The normalized spacial score (nSPS) is 14.8. The molecule has 0 spiro atoms. The molecule has 3 aromatic carbocycles. The molecule has 0 radical (unpaired) electrons. The molecule has 0 aromatic heterocycles. The first-order chi connectivity index (χ1) is 17.9. The Morgan fingerprint density at radius 1 is 1.00 bits per heavy atom. The Kier molecular flexibility index (Phi) is 8.35. The fourth-order valence-corrected chi connectivity index (χ4v) is 5.37. The van der Waals surface area contributed by atoms with Crippen LogP contribution in [0.15, 0.2) is 71.6 Å². The fraction of sp³-hybridized carbons (Fsp3) is 0.250. The van der Waals surface area contributed by atoms with E-state index >= 15 is 0 Å². The second kappa shape index (κ2) is 11.8. The first-order valence-corrected chi connectivity index (χ1v) is 12.7. The third-order valence-electron chi connectivity index (χ3n) is 5.86. The first-order valence-electron chi connectivity index (χ1n) is 11.8. The lowest BCUT2D eigenvalue weighted by molar-refractivity contribution is -0.121. The van der Waals surface area contributed by atoms with Crippen LogP contribution in [-0.4, -0.2) is 45.2 Å². The molecule has 9 heteroatoms. The van der Waals surface area contributed by atoms with E-state index in [9.17, 15) is 14.4 Å². The van der Waals surface area contributed by atoms with E-state index in [2.05, 4.69) is 5.32 Å². The van der Waals surface area contributed by atoms with Crippen LogP contribution in [0.5, 0.6) is 11.5 Å². The molecule has 0 aliphatic carbocycles. The minimum absolute atomic E-state index is 0.182. The largest absolute Gasteiger partial charge is 0.493 e. The van der Waals surface area contributed by atoms with Crippen LogP contribution in [0.3, 0.4) is 0 Å². The number of nitrogens with one attached hydrogen (secondary N) is 1. The molecule has 0 fully saturated rings. The molecule has 192 valence electrons. The van der Waals surface area contributed by atoms with Gasteiger partial charge in [-0.25, -0.2) is 4.79 Å². The van der Waals surface area contributed by atoms with Gasteiger partial charge < -0.3 is 24.4 Å². The predicted molar refractivity (Wildman–Crippen MR) is 143 cm³/mol. The number of methoxy groups -OCH3 is 2. The number of esters is 1. The minimum Gasteiger partial charge on any atom is -0.493 e. The zero-order valence-corrected chi connectivity index (χ0v) is 21.7. The maximum atomic E-state index is 13.5. The molecule has 3 aromatic rings. The van der Waals surface area contributed by atoms with Crippen LogP contribution in [-0.2, 0) is 14.3 Å². The number of rotatable bonds is 8. The lowest BCUT2D eigenvalue weighted by atomic mass is 10.1. The van der Waals surface area contributed by atoms with Crippen molar-refractivity contribution in [3.05, 3.63) is 77.9 Å². The number of fused-ring (bicyclic) bond motifs is 1. The van der Waals surface area contributed by atoms with E-state index in [4.69, 9.17) is 14.2 Å². The maximum Gasteiger partial charge on any atom is 0.340 e. The Labute approximate surface area is 219 Å². The van der Waals surface area contributed by atoms with Crippen molar-refractivity contribution in [2.45, 2.75) is 23.5 Å². The third kappa shape index (κ3) is 5.89. The number of carbonyl (C=O) groups excluding carboxylic acids is 3. The summed E-state index contributed by atoms with van der Waals surface area (Å²) in [6.45, 7) is 1.74. The van der Waals surface area contributed by atoms with Gasteiger partial charge in [0.1, 0.15) is 6.54 Å². The molecule has 1 unspecified atom stereocenters. The molecule has 1 N–H and O–H groups in total. The van der Waals surface area contributed by atoms with Crippen LogP contribution in [0.1, 0.15) is 34.5 Å². The van der Waals surface area contributed by atoms with Gasteiger partial charge in [0, 0.05) is 16.6 Å². The predicted octanol–water partition coefficient (Wildman–Crippen LogP) is 5.09. The zero-order valence-electron chi connectivity index (χ0n) is 20.9. The molecule has 0 saturated heterocycles. The van der Waals surface area contributed by atoms with Crippen molar-refractivity contribution in [2.75, 3.05) is 37.6 Å². The van der Waals surface area contributed by atoms with Gasteiger partial charge in [0.15, 0.2) is 11.5 Å². The zero-order chi connectivity index (χ0) is 26.4. The number of nitrogens with zero attached hydrogens (tertiary/aromatic N) is 1. The highest BCUT2D eigenvalue weighted by Crippen LogP contribution is 2.46. The molecule has 2 amide bonds. The quantitative estimate of drug-likeness (QED) is 0.414. The number of ether oxygens (including phenoxy) is 3. The molecule has 1 aliphatic heterocycles. The molecule has 1 atom stereocenters. The van der Waals surface area contributed by atoms with Crippen LogP contribution in [0.2, 0.25) is 0 Å². The number of hydrogen-bond donors (Lipinski definition) is 1. The second-order valence-corrected chi connectivity index (χ2v) is 9.43. The first kappa shape index (κ1) is 26.1. The van der Waals surface area contributed by atoms with E-state index in [1.807, 2.05) is 42.5 Å². The van der Waals surface area contributed by atoms with E-state index in [0.29, 0.717) is 22.9 Å². The van der Waals surface area contributed by atoms with Crippen molar-refractivity contribution >= 4 is 40.9 Å². The van der Waals surface area contributed by atoms with Gasteiger partial charge in [-0.15, -0.1) is 11.8 Å². The number of para-hydroxylation sites is 2. The fourth-order valence-electron chi connectivity index (χ4n) is 4.10. The molecule has 37 heavy (non-hydrogen) atoms. The highest BCUT2D eigenvalue weighted by Gasteiger charge is 2.31. The van der Waals surface area contributed by atoms with E-state index < -0.39 is 11.9 Å². The summed E-state index contributed by atoms with van der Waals surface area (Å²) in [5.41, 5.74) is 2.17. The second-order valence-electron chi connectivity index (χ2n) is 8.19. The topological polar surface area (TPSA) is 94.2 Å². The molecule has 8 nitrogen and oxygen atoms in total. The molecule has 1 aliphatic rings. The number of hydrogen-bond acceptors (Lipinski definition) is 7. The van der Waals surface area contributed by atoms with Gasteiger partial charge in [-0.3, -0.25) is 9.59 Å². The minimum atomic E-state index is -0.524. The maximum absolute atomic E-state index is 13.5. The number of carbonyl (C=O) groups is 3. The Balaban J connectivity index is 1.58. The Hall–Kier alpha value is -3.98. The van der Waals surface area contributed by atoms with Crippen molar-refractivity contribution < 1.29 is 28.6 Å². The number of anilines is 2. The molecule has 0 saturated carbocycles. The van der Waals surface area contributed by atoms with Gasteiger partial charge in [-0.05, 0) is 48.9 Å². The molecular formula is C28H28N2O6S. The van der Waals surface area contributed by atoms with Gasteiger partial charge in [0.2, 0.25) is 11.8 Å². The lowest BCUT2D eigenvalue weighted by Gasteiger charge is -2.22. The molecule has 0 bridgehead atoms. The number of benzene rings is 3. The monoisotopic (exact) mass is 520 g/mol. The summed E-state index contributed by atoms with van der Waals surface area (Å²) in [4.78, 5) is 41.3. The van der Waals surface area contributed by atoms with Crippen molar-refractivity contribution in [3.8, 4) is 11.5 Å². The van der Waals surface area contributed by atoms with E-state index in [1.165, 1.54) is 4.90 Å². The summed E-state index contributed by atoms with van der Waals surface area (Å²) in [6, 6.07) is 19.8. The van der Waals surface area contributed by atoms with Crippen molar-refractivity contribution in [2.24, 2.45) is 0 Å². The summed E-state index contributed by atoms with van der Waals surface area (Å²) >= 11 is 1.56. The van der Waals surface area contributed by atoms with Gasteiger partial charge in [0.25, 0.3) is 0 Å². The lowest BCUT2D eigenvalue weighted by Crippen LogP contribution is -2.38. The summed E-state index contributed by atoms with van der Waals surface area (Å²) in [6.07, 6.45) is 0.182. The van der Waals surface area contributed by atoms with Crippen molar-refractivity contribution in [1.82, 2.24) is 0 Å². The van der Waals surface area contributed by atoms with E-state index in [-0.39, 0.29) is 36.3 Å². The van der Waals surface area contributed by atoms with Gasteiger partial charge in [-0.1, -0.05) is 30.3 Å². The highest BCUT2D eigenvalue weighted by atomic mass is 32.2. The van der Waals surface area contributed by atoms with Gasteiger partial charge >= 0.3 is 5.97 Å². The van der Waals surface area contributed by atoms with E-state index in [1.54, 1.807) is 57.2 Å². The van der Waals surface area contributed by atoms with Crippen molar-refractivity contribution in [3.63, 3.8) is 0 Å². The smallest absolute Gasteiger partial charge is 0.340 e. The SMILES string of the molecule is CCOC(=O)c1ccccc1NC(=O)CN1C(=O)CC(c2ccc(OC)c(OC)c2)Sc2ccccc21. The van der Waals surface area contributed by atoms with Crippen LogP contribution >= 0.6 is 11.8 Å². The summed E-state index contributed by atoms with van der Waals surface area (Å²) in [5, 5.41) is 2.58. The molecule has 1 heterocycles. The third-order valence-corrected chi connectivity index (χ3v) is 7.19. The summed E-state index contributed by atoms with van der Waals surface area (Å²) < 4.78 is 15.9. The van der Waals surface area contributed by atoms with Crippen LogP contribution in [0.4, 0.5) is 11.4 Å². The van der Waals surface area contributed by atoms with E-state index in [0.717, 1.165) is 10.5 Å². The Morgan fingerprint density at radius 2 is 1.73 bits per heavy atom. The number of thioether (sulfide) groups is 1. The van der Waals surface area contributed by atoms with Crippen molar-refractivity contribution in [1.29, 1.82) is 0 Å². The summed E-state index contributed by atoms with van der Waals surface area (Å²) in [5.74, 6) is 0.0596. The van der Waals surface area contributed by atoms with Crippen LogP contribution in [0.25, 0.3) is 0 Å². The van der Waals surface area contributed by atoms with Gasteiger partial charge in [0.05, 0.1) is 37.8 Å².